The summed E-state index contributed by atoms with van der Waals surface area (Å²) in [6, 6.07) is 7.84. The number of nitrogens with one attached hydrogen (secondary N) is 1. The number of hydrogen-bond donors (Lipinski definition) is 1. The van der Waals surface area contributed by atoms with E-state index in [0.717, 1.165) is 42.9 Å². The van der Waals surface area contributed by atoms with Crippen LogP contribution in [0.3, 0.4) is 0 Å². The smallest absolute Gasteiger partial charge is 0.224 e. The van der Waals surface area contributed by atoms with Gasteiger partial charge in [0.1, 0.15) is 0 Å². The van der Waals surface area contributed by atoms with Gasteiger partial charge in [0.15, 0.2) is 0 Å². The van der Waals surface area contributed by atoms with E-state index >= 15 is 0 Å². The van der Waals surface area contributed by atoms with Crippen LogP contribution in [0, 0.1) is 0 Å². The van der Waals surface area contributed by atoms with Crippen molar-refractivity contribution >= 4 is 21.8 Å². The number of amides is 1. The number of carbonyl (C=O) groups excluding carboxylic acids is 1. The third-order valence-corrected chi connectivity index (χ3v) is 3.60. The molecule has 0 aromatic heterocycles. The first-order chi connectivity index (χ1) is 9.24. The molecule has 19 heavy (non-hydrogen) atoms. The van der Waals surface area contributed by atoms with E-state index in [1.807, 2.05) is 24.3 Å². The van der Waals surface area contributed by atoms with Crippen LogP contribution in [0.4, 0.5) is 0 Å². The monoisotopic (exact) mass is 326 g/mol. The minimum atomic E-state index is 0.0753. The first-order valence-electron chi connectivity index (χ1n) is 6.55. The summed E-state index contributed by atoms with van der Waals surface area (Å²) in [6.45, 7) is 5.11. The molecular weight excluding hydrogens is 308 g/mol. The van der Waals surface area contributed by atoms with Gasteiger partial charge < -0.3 is 10.1 Å². The largest absolute Gasteiger partial charge is 0.379 e. The van der Waals surface area contributed by atoms with Crippen molar-refractivity contribution in [2.45, 2.75) is 6.42 Å². The van der Waals surface area contributed by atoms with Gasteiger partial charge in [0.2, 0.25) is 5.91 Å². The maximum absolute atomic E-state index is 11.8. The summed E-state index contributed by atoms with van der Waals surface area (Å²) in [5.41, 5.74) is 1.03. The molecule has 1 amide bonds. The van der Waals surface area contributed by atoms with Crippen LogP contribution in [0.5, 0.6) is 0 Å². The first kappa shape index (κ1) is 14.5. The van der Waals surface area contributed by atoms with Crippen LogP contribution < -0.4 is 5.32 Å². The summed E-state index contributed by atoms with van der Waals surface area (Å²) >= 11 is 3.41. The molecule has 0 spiro atoms. The van der Waals surface area contributed by atoms with Gasteiger partial charge in [-0.3, -0.25) is 9.69 Å². The number of ether oxygens (including phenoxy) is 1. The third-order valence-electron chi connectivity index (χ3n) is 3.11. The Morgan fingerprint density at radius 1 is 1.37 bits per heavy atom. The second kappa shape index (κ2) is 7.62. The molecule has 0 aliphatic carbocycles. The maximum atomic E-state index is 11.8. The van der Waals surface area contributed by atoms with Crippen molar-refractivity contribution in [3.8, 4) is 0 Å². The van der Waals surface area contributed by atoms with E-state index in [4.69, 9.17) is 4.74 Å². The van der Waals surface area contributed by atoms with Gasteiger partial charge in [0.05, 0.1) is 19.6 Å². The predicted molar refractivity (Wildman–Crippen MR) is 78.1 cm³/mol. The van der Waals surface area contributed by atoms with E-state index in [1.54, 1.807) is 0 Å². The number of halogens is 1. The van der Waals surface area contributed by atoms with Gasteiger partial charge in [-0.2, -0.15) is 0 Å². The molecule has 0 unspecified atom stereocenters. The van der Waals surface area contributed by atoms with Crippen molar-refractivity contribution in [2.75, 3.05) is 39.4 Å². The second-order valence-electron chi connectivity index (χ2n) is 4.61. The molecule has 1 aromatic carbocycles. The third kappa shape index (κ3) is 5.30. The standard InChI is InChI=1S/C14H19BrN2O2/c15-13-3-1-2-12(10-13)11-14(18)16-4-5-17-6-8-19-9-7-17/h1-3,10H,4-9,11H2,(H,16,18). The second-order valence-corrected chi connectivity index (χ2v) is 5.53. The number of rotatable bonds is 5. The molecule has 1 N–H and O–H groups in total. The highest BCUT2D eigenvalue weighted by Gasteiger charge is 2.10. The molecule has 0 radical (unpaired) electrons. The molecule has 0 bridgehead atoms. The Morgan fingerprint density at radius 3 is 2.89 bits per heavy atom. The highest BCUT2D eigenvalue weighted by atomic mass is 79.9. The zero-order valence-corrected chi connectivity index (χ0v) is 12.5. The normalized spacial score (nSPS) is 16.3. The van der Waals surface area contributed by atoms with Crippen LogP contribution in [0.25, 0.3) is 0 Å². The van der Waals surface area contributed by atoms with Crippen LogP contribution in [-0.2, 0) is 16.0 Å². The number of carbonyl (C=O) groups is 1. The Bertz CT molecular complexity index is 420. The number of hydrogen-bond acceptors (Lipinski definition) is 3. The summed E-state index contributed by atoms with van der Waals surface area (Å²) in [4.78, 5) is 14.1. The predicted octanol–water partition coefficient (Wildman–Crippen LogP) is 1.44. The van der Waals surface area contributed by atoms with E-state index in [1.165, 1.54) is 0 Å². The fourth-order valence-electron chi connectivity index (χ4n) is 2.07. The van der Waals surface area contributed by atoms with Crippen LogP contribution in [0.1, 0.15) is 5.56 Å². The van der Waals surface area contributed by atoms with Gasteiger partial charge in [0.25, 0.3) is 0 Å². The number of benzene rings is 1. The summed E-state index contributed by atoms with van der Waals surface area (Å²) < 4.78 is 6.29. The minimum Gasteiger partial charge on any atom is -0.379 e. The summed E-state index contributed by atoms with van der Waals surface area (Å²) in [5, 5.41) is 2.96. The molecule has 5 heteroatoms. The molecule has 1 aromatic rings. The molecule has 1 aliphatic rings. The molecular formula is C14H19BrN2O2. The minimum absolute atomic E-state index is 0.0753. The fourth-order valence-corrected chi connectivity index (χ4v) is 2.52. The van der Waals surface area contributed by atoms with Crippen molar-refractivity contribution in [1.82, 2.24) is 10.2 Å². The van der Waals surface area contributed by atoms with Gasteiger partial charge in [-0.05, 0) is 17.7 Å². The molecule has 2 rings (SSSR count). The average Bonchev–Trinajstić information content (AvgIpc) is 2.40. The Balaban J connectivity index is 1.67. The van der Waals surface area contributed by atoms with Gasteiger partial charge in [0, 0.05) is 30.7 Å². The lowest BCUT2D eigenvalue weighted by molar-refractivity contribution is -0.120. The summed E-state index contributed by atoms with van der Waals surface area (Å²) in [7, 11) is 0. The van der Waals surface area contributed by atoms with E-state index < -0.39 is 0 Å². The fraction of sp³-hybridized carbons (Fsp3) is 0.500. The lowest BCUT2D eigenvalue weighted by atomic mass is 10.1. The molecule has 0 saturated carbocycles. The lowest BCUT2D eigenvalue weighted by Gasteiger charge is -2.26. The Morgan fingerprint density at radius 2 is 2.16 bits per heavy atom. The van der Waals surface area contributed by atoms with E-state index in [2.05, 4.69) is 26.1 Å². The van der Waals surface area contributed by atoms with Gasteiger partial charge in [-0.15, -0.1) is 0 Å². The SMILES string of the molecule is O=C(Cc1cccc(Br)c1)NCCN1CCOCC1. The molecule has 0 atom stereocenters. The van der Waals surface area contributed by atoms with Crippen LogP contribution in [0.2, 0.25) is 0 Å². The Labute approximate surface area is 122 Å². The van der Waals surface area contributed by atoms with Gasteiger partial charge in [-0.25, -0.2) is 0 Å². The number of morpholine rings is 1. The zero-order chi connectivity index (χ0) is 13.5. The molecule has 1 heterocycles. The molecule has 1 aliphatic heterocycles. The van der Waals surface area contributed by atoms with E-state index in [9.17, 15) is 4.79 Å². The zero-order valence-electron chi connectivity index (χ0n) is 10.9. The van der Waals surface area contributed by atoms with Gasteiger partial charge in [-0.1, -0.05) is 28.1 Å². The van der Waals surface area contributed by atoms with Crippen molar-refractivity contribution in [1.29, 1.82) is 0 Å². The molecule has 1 saturated heterocycles. The highest BCUT2D eigenvalue weighted by Crippen LogP contribution is 2.11. The van der Waals surface area contributed by atoms with Crippen LogP contribution in [-0.4, -0.2) is 50.2 Å². The quantitative estimate of drug-likeness (QED) is 0.890. The van der Waals surface area contributed by atoms with E-state index in [-0.39, 0.29) is 5.91 Å². The Hall–Kier alpha value is -0.910. The summed E-state index contributed by atoms with van der Waals surface area (Å²) in [5.74, 6) is 0.0753. The lowest BCUT2D eigenvalue weighted by Crippen LogP contribution is -2.41. The van der Waals surface area contributed by atoms with E-state index in [0.29, 0.717) is 13.0 Å². The van der Waals surface area contributed by atoms with Crippen molar-refractivity contribution in [3.05, 3.63) is 34.3 Å². The maximum Gasteiger partial charge on any atom is 0.224 e. The number of nitrogens with zero attached hydrogens (tertiary/aromatic N) is 1. The topological polar surface area (TPSA) is 41.6 Å². The van der Waals surface area contributed by atoms with Crippen molar-refractivity contribution in [3.63, 3.8) is 0 Å². The average molecular weight is 327 g/mol. The summed E-state index contributed by atoms with van der Waals surface area (Å²) in [6.07, 6.45) is 0.433. The van der Waals surface area contributed by atoms with Crippen molar-refractivity contribution < 1.29 is 9.53 Å². The van der Waals surface area contributed by atoms with Gasteiger partial charge >= 0.3 is 0 Å². The first-order valence-corrected chi connectivity index (χ1v) is 7.34. The Kier molecular flexibility index (Phi) is 5.82. The van der Waals surface area contributed by atoms with Crippen molar-refractivity contribution in [2.24, 2.45) is 0 Å². The van der Waals surface area contributed by atoms with Crippen LogP contribution >= 0.6 is 15.9 Å². The van der Waals surface area contributed by atoms with Crippen LogP contribution in [0.15, 0.2) is 28.7 Å². The highest BCUT2D eigenvalue weighted by molar-refractivity contribution is 9.10. The molecule has 1 fully saturated rings. The molecule has 4 nitrogen and oxygen atoms in total. The molecule has 104 valence electrons.